The van der Waals surface area contributed by atoms with Crippen LogP contribution in [-0.4, -0.2) is 70.9 Å². The van der Waals surface area contributed by atoms with Crippen LogP contribution in [0.1, 0.15) is 13.3 Å². The summed E-state index contributed by atoms with van der Waals surface area (Å²) in [5.41, 5.74) is 0.183. The monoisotopic (exact) mass is 437 g/mol. The molecule has 1 atom stereocenters. The second-order valence-corrected chi connectivity index (χ2v) is 9.13. The highest BCUT2D eigenvalue weighted by atomic mass is 35.5. The van der Waals surface area contributed by atoms with Gasteiger partial charge >= 0.3 is 0 Å². The Morgan fingerprint density at radius 2 is 2.00 bits per heavy atom. The number of nitrogens with one attached hydrogen (secondary N) is 1. The Kier molecular flexibility index (Phi) is 8.18. The molecule has 1 amide bonds. The van der Waals surface area contributed by atoms with Crippen molar-refractivity contribution in [3.05, 3.63) is 28.2 Å². The number of sulfonamides is 1. The number of nitrogens with zero attached hydrogens (tertiary/aromatic N) is 2. The van der Waals surface area contributed by atoms with Crippen LogP contribution in [-0.2, 0) is 19.6 Å². The molecular weight excluding hydrogens is 413 g/mol. The van der Waals surface area contributed by atoms with Gasteiger partial charge in [-0.2, -0.15) is 0 Å². The third-order valence-electron chi connectivity index (χ3n) is 4.29. The van der Waals surface area contributed by atoms with Crippen molar-refractivity contribution in [3.8, 4) is 0 Å². The number of carbonyl (C=O) groups excluding carboxylic acids is 1. The van der Waals surface area contributed by atoms with Crippen molar-refractivity contribution in [2.75, 3.05) is 50.0 Å². The molecule has 0 radical (unpaired) electrons. The van der Waals surface area contributed by atoms with Gasteiger partial charge in [0.1, 0.15) is 6.04 Å². The topological polar surface area (TPSA) is 79.0 Å². The minimum Gasteiger partial charge on any atom is -0.379 e. The fourth-order valence-electron chi connectivity index (χ4n) is 2.92. The van der Waals surface area contributed by atoms with Crippen molar-refractivity contribution in [3.63, 3.8) is 0 Å². The molecule has 2 rings (SSSR count). The smallest absolute Gasteiger partial charge is 0.243 e. The summed E-state index contributed by atoms with van der Waals surface area (Å²) in [7, 11) is -3.74. The fraction of sp³-hybridized carbons (Fsp3) is 0.588. The Morgan fingerprint density at radius 3 is 2.63 bits per heavy atom. The van der Waals surface area contributed by atoms with Gasteiger partial charge in [0.2, 0.25) is 15.9 Å². The van der Waals surface area contributed by atoms with Crippen molar-refractivity contribution in [2.24, 2.45) is 0 Å². The number of benzene rings is 1. The molecule has 0 spiro atoms. The summed E-state index contributed by atoms with van der Waals surface area (Å²) >= 11 is 12.1. The molecule has 1 aliphatic heterocycles. The summed E-state index contributed by atoms with van der Waals surface area (Å²) in [6.07, 6.45) is 1.81. The summed E-state index contributed by atoms with van der Waals surface area (Å²) in [5.74, 6) is -0.390. The van der Waals surface area contributed by atoms with Gasteiger partial charge in [-0.15, -0.1) is 0 Å². The number of amides is 1. The first-order valence-electron chi connectivity index (χ1n) is 8.72. The summed E-state index contributed by atoms with van der Waals surface area (Å²) in [4.78, 5) is 14.8. The average Bonchev–Trinajstić information content (AvgIpc) is 2.61. The van der Waals surface area contributed by atoms with Gasteiger partial charge in [0.05, 0.1) is 30.2 Å². The standard InChI is InChI=1S/C17H25Cl2N3O4S/c1-13(17(23)20-6-3-7-21-8-10-26-11-9-21)22(27(2,24)25)16-12-14(18)4-5-15(16)19/h4-5,12-13H,3,6-11H2,1-2H3,(H,20,23). The molecule has 1 N–H and O–H groups in total. The van der Waals surface area contributed by atoms with Crippen LogP contribution >= 0.6 is 23.2 Å². The molecule has 1 heterocycles. The minimum atomic E-state index is -3.74. The van der Waals surface area contributed by atoms with E-state index in [0.29, 0.717) is 11.6 Å². The van der Waals surface area contributed by atoms with E-state index in [9.17, 15) is 13.2 Å². The first-order valence-corrected chi connectivity index (χ1v) is 11.3. The lowest BCUT2D eigenvalue weighted by atomic mass is 10.2. The summed E-state index contributed by atoms with van der Waals surface area (Å²) in [5, 5.41) is 3.34. The van der Waals surface area contributed by atoms with Crippen LogP contribution in [0.4, 0.5) is 5.69 Å². The molecule has 1 saturated heterocycles. The second kappa shape index (κ2) is 9.93. The quantitative estimate of drug-likeness (QED) is 0.628. The van der Waals surface area contributed by atoms with E-state index in [1.807, 2.05) is 0 Å². The van der Waals surface area contributed by atoms with Crippen LogP contribution in [0, 0.1) is 0 Å². The maximum Gasteiger partial charge on any atom is 0.243 e. The minimum absolute atomic E-state index is 0.183. The van der Waals surface area contributed by atoms with E-state index >= 15 is 0 Å². The zero-order valence-corrected chi connectivity index (χ0v) is 17.8. The van der Waals surface area contributed by atoms with E-state index in [1.54, 1.807) is 6.07 Å². The summed E-state index contributed by atoms with van der Waals surface area (Å²) < 4.78 is 30.9. The Hall–Kier alpha value is -1.06. The normalized spacial score (nSPS) is 16.7. The van der Waals surface area contributed by atoms with Gasteiger partial charge in [-0.1, -0.05) is 23.2 Å². The zero-order valence-electron chi connectivity index (χ0n) is 15.5. The maximum absolute atomic E-state index is 12.5. The van der Waals surface area contributed by atoms with Crippen molar-refractivity contribution in [1.29, 1.82) is 0 Å². The van der Waals surface area contributed by atoms with Crippen molar-refractivity contribution in [2.45, 2.75) is 19.4 Å². The predicted octanol–water partition coefficient (Wildman–Crippen LogP) is 1.99. The fourth-order valence-corrected chi connectivity index (χ4v) is 4.53. The number of morpholine rings is 1. The lowest BCUT2D eigenvalue weighted by molar-refractivity contribution is -0.121. The first kappa shape index (κ1) is 22.2. The van der Waals surface area contributed by atoms with Crippen LogP contribution < -0.4 is 9.62 Å². The molecular formula is C17H25Cl2N3O4S. The van der Waals surface area contributed by atoms with Crippen molar-refractivity contribution in [1.82, 2.24) is 10.2 Å². The number of rotatable bonds is 8. The molecule has 27 heavy (non-hydrogen) atoms. The van der Waals surface area contributed by atoms with Gasteiger partial charge < -0.3 is 10.1 Å². The van der Waals surface area contributed by atoms with Crippen molar-refractivity contribution >= 4 is 44.8 Å². The summed E-state index contributed by atoms with van der Waals surface area (Å²) in [6.45, 7) is 6.07. The van der Waals surface area contributed by atoms with Crippen LogP contribution in [0.3, 0.4) is 0 Å². The van der Waals surface area contributed by atoms with Gasteiger partial charge in [0, 0.05) is 24.7 Å². The third-order valence-corrected chi connectivity index (χ3v) is 6.07. The number of hydrogen-bond donors (Lipinski definition) is 1. The van der Waals surface area contributed by atoms with Crippen LogP contribution in [0.2, 0.25) is 10.0 Å². The van der Waals surface area contributed by atoms with Crippen molar-refractivity contribution < 1.29 is 17.9 Å². The second-order valence-electron chi connectivity index (χ2n) is 6.43. The number of halogens is 2. The largest absolute Gasteiger partial charge is 0.379 e. The molecule has 0 bridgehead atoms. The van der Waals surface area contributed by atoms with E-state index in [2.05, 4.69) is 10.2 Å². The van der Waals surface area contributed by atoms with E-state index in [4.69, 9.17) is 27.9 Å². The van der Waals surface area contributed by atoms with E-state index < -0.39 is 22.0 Å². The van der Waals surface area contributed by atoms with Crippen LogP contribution in [0.15, 0.2) is 18.2 Å². The molecule has 10 heteroatoms. The zero-order chi connectivity index (χ0) is 20.0. The molecule has 1 aromatic rings. The lowest BCUT2D eigenvalue weighted by Crippen LogP contribution is -2.48. The lowest BCUT2D eigenvalue weighted by Gasteiger charge is -2.29. The molecule has 0 aromatic heterocycles. The van der Waals surface area contributed by atoms with Gasteiger partial charge in [-0.3, -0.25) is 14.0 Å². The third kappa shape index (κ3) is 6.50. The van der Waals surface area contributed by atoms with Crippen LogP contribution in [0.25, 0.3) is 0 Å². The number of hydrogen-bond acceptors (Lipinski definition) is 5. The molecule has 1 aromatic carbocycles. The van der Waals surface area contributed by atoms with Gasteiger partial charge in [0.25, 0.3) is 0 Å². The molecule has 1 unspecified atom stereocenters. The van der Waals surface area contributed by atoms with E-state index in [1.165, 1.54) is 19.1 Å². The highest BCUT2D eigenvalue weighted by Crippen LogP contribution is 2.32. The average molecular weight is 438 g/mol. The molecule has 1 aliphatic rings. The number of carbonyl (C=O) groups is 1. The Balaban J connectivity index is 1.99. The van der Waals surface area contributed by atoms with E-state index in [-0.39, 0.29) is 10.7 Å². The molecule has 152 valence electrons. The Labute approximate surface area is 170 Å². The van der Waals surface area contributed by atoms with E-state index in [0.717, 1.165) is 49.8 Å². The molecule has 1 fully saturated rings. The highest BCUT2D eigenvalue weighted by molar-refractivity contribution is 7.92. The Bertz CT molecular complexity index is 755. The number of ether oxygens (including phenoxy) is 1. The molecule has 0 aliphatic carbocycles. The molecule has 7 nitrogen and oxygen atoms in total. The van der Waals surface area contributed by atoms with Gasteiger partial charge in [-0.05, 0) is 38.1 Å². The SMILES string of the molecule is CC(C(=O)NCCCN1CCOCC1)N(c1cc(Cl)ccc1Cl)S(C)(=O)=O. The van der Waals surface area contributed by atoms with Crippen LogP contribution in [0.5, 0.6) is 0 Å². The molecule has 0 saturated carbocycles. The first-order chi connectivity index (χ1) is 12.7. The number of anilines is 1. The highest BCUT2D eigenvalue weighted by Gasteiger charge is 2.30. The summed E-state index contributed by atoms with van der Waals surface area (Å²) in [6, 6.07) is 3.54. The van der Waals surface area contributed by atoms with Gasteiger partial charge in [0.15, 0.2) is 0 Å². The Morgan fingerprint density at radius 1 is 1.33 bits per heavy atom. The van der Waals surface area contributed by atoms with Gasteiger partial charge in [-0.25, -0.2) is 8.42 Å². The predicted molar refractivity (Wildman–Crippen MR) is 108 cm³/mol. The maximum atomic E-state index is 12.5.